The van der Waals surface area contributed by atoms with Gasteiger partial charge in [0.05, 0.1) is 10.5 Å². The van der Waals surface area contributed by atoms with Crippen LogP contribution in [0.2, 0.25) is 0 Å². The van der Waals surface area contributed by atoms with E-state index in [4.69, 9.17) is 18.0 Å². The molecule has 0 aliphatic carbocycles. The Kier molecular flexibility index (Phi) is 5.00. The zero-order chi connectivity index (χ0) is 14.8. The fraction of sp³-hybridized carbons (Fsp3) is 0.417. The highest BCUT2D eigenvalue weighted by molar-refractivity contribution is 7.89. The van der Waals surface area contributed by atoms with E-state index in [2.05, 4.69) is 0 Å². The Bertz CT molecular complexity index is 585. The summed E-state index contributed by atoms with van der Waals surface area (Å²) in [5.74, 6) is -0.576. The molecular formula is C12H17FN2O2S2. The average Bonchev–Trinajstić information content (AvgIpc) is 2.26. The topological polar surface area (TPSA) is 63.4 Å². The molecule has 1 aromatic rings. The van der Waals surface area contributed by atoms with Gasteiger partial charge in [-0.3, -0.25) is 0 Å². The van der Waals surface area contributed by atoms with Crippen LogP contribution in [0.3, 0.4) is 0 Å². The Morgan fingerprint density at radius 2 is 2.05 bits per heavy atom. The Labute approximate surface area is 118 Å². The van der Waals surface area contributed by atoms with Crippen LogP contribution in [0, 0.1) is 11.7 Å². The van der Waals surface area contributed by atoms with Crippen molar-refractivity contribution in [1.29, 1.82) is 0 Å². The molecule has 1 aromatic carbocycles. The van der Waals surface area contributed by atoms with Crippen molar-refractivity contribution >= 4 is 27.2 Å². The van der Waals surface area contributed by atoms with Crippen molar-refractivity contribution in [3.8, 4) is 0 Å². The van der Waals surface area contributed by atoms with E-state index in [1.165, 1.54) is 23.5 Å². The molecule has 0 heterocycles. The number of benzene rings is 1. The molecule has 0 spiro atoms. The zero-order valence-corrected chi connectivity index (χ0v) is 12.7. The molecule has 7 heteroatoms. The normalized spacial score (nSPS) is 12.1. The van der Waals surface area contributed by atoms with Gasteiger partial charge in [-0.05, 0) is 18.1 Å². The summed E-state index contributed by atoms with van der Waals surface area (Å²) in [5, 5.41) is 0. The Hall–Kier alpha value is -1.05. The molecular weight excluding hydrogens is 287 g/mol. The number of thiocarbonyl (C=S) groups is 1. The smallest absolute Gasteiger partial charge is 0.243 e. The van der Waals surface area contributed by atoms with Gasteiger partial charge >= 0.3 is 0 Å². The fourth-order valence-corrected chi connectivity index (χ4v) is 3.56. The SMILES string of the molecule is CC(C)CN(C)S(=O)(=O)c1cccc(F)c1C(N)=S. The van der Waals surface area contributed by atoms with E-state index < -0.39 is 15.8 Å². The first kappa shape index (κ1) is 16.0. The molecule has 19 heavy (non-hydrogen) atoms. The minimum atomic E-state index is -3.81. The van der Waals surface area contributed by atoms with Crippen LogP contribution in [0.1, 0.15) is 19.4 Å². The lowest BCUT2D eigenvalue weighted by atomic mass is 10.2. The van der Waals surface area contributed by atoms with Crippen LogP contribution in [0.4, 0.5) is 4.39 Å². The lowest BCUT2D eigenvalue weighted by Gasteiger charge is -2.20. The second-order valence-corrected chi connectivity index (χ2v) is 7.11. The fourth-order valence-electron chi connectivity index (χ4n) is 1.74. The second-order valence-electron chi connectivity index (χ2n) is 4.66. The maximum Gasteiger partial charge on any atom is 0.243 e. The second kappa shape index (κ2) is 5.94. The molecule has 0 aromatic heterocycles. The van der Waals surface area contributed by atoms with Crippen molar-refractivity contribution in [1.82, 2.24) is 4.31 Å². The van der Waals surface area contributed by atoms with Crippen LogP contribution in [-0.2, 0) is 10.0 Å². The van der Waals surface area contributed by atoms with Gasteiger partial charge in [0.25, 0.3) is 0 Å². The summed E-state index contributed by atoms with van der Waals surface area (Å²) in [6, 6.07) is 3.77. The predicted molar refractivity (Wildman–Crippen MR) is 76.9 cm³/mol. The summed E-state index contributed by atoms with van der Waals surface area (Å²) < 4.78 is 39.7. The molecule has 0 aliphatic rings. The molecule has 0 unspecified atom stereocenters. The van der Waals surface area contributed by atoms with E-state index in [1.54, 1.807) is 0 Å². The maximum absolute atomic E-state index is 13.7. The zero-order valence-electron chi connectivity index (χ0n) is 11.1. The van der Waals surface area contributed by atoms with E-state index >= 15 is 0 Å². The predicted octanol–water partition coefficient (Wildman–Crippen LogP) is 1.74. The average molecular weight is 304 g/mol. The molecule has 106 valence electrons. The number of sulfonamides is 1. The lowest BCUT2D eigenvalue weighted by Crippen LogP contribution is -2.32. The minimum Gasteiger partial charge on any atom is -0.389 e. The van der Waals surface area contributed by atoms with Crippen LogP contribution < -0.4 is 5.73 Å². The number of hydrogen-bond acceptors (Lipinski definition) is 3. The van der Waals surface area contributed by atoms with E-state index in [1.807, 2.05) is 13.8 Å². The van der Waals surface area contributed by atoms with E-state index in [-0.39, 0.29) is 21.4 Å². The number of halogens is 1. The molecule has 0 aliphatic heterocycles. The third kappa shape index (κ3) is 3.49. The van der Waals surface area contributed by atoms with Gasteiger partial charge in [0.2, 0.25) is 10.0 Å². The highest BCUT2D eigenvalue weighted by Gasteiger charge is 2.27. The van der Waals surface area contributed by atoms with Crippen molar-refractivity contribution in [3.63, 3.8) is 0 Å². The van der Waals surface area contributed by atoms with Gasteiger partial charge < -0.3 is 5.73 Å². The first-order valence-corrected chi connectivity index (χ1v) is 7.57. The first-order valence-electron chi connectivity index (χ1n) is 5.72. The molecule has 0 amide bonds. The summed E-state index contributed by atoms with van der Waals surface area (Å²) in [7, 11) is -2.36. The first-order chi connectivity index (χ1) is 8.67. The minimum absolute atomic E-state index is 0.154. The molecule has 1 rings (SSSR count). The standard InChI is InChI=1S/C12H17FN2O2S2/c1-8(2)7-15(3)19(16,17)10-6-4-5-9(13)11(10)12(14)18/h4-6,8H,7H2,1-3H3,(H2,14,18). The largest absolute Gasteiger partial charge is 0.389 e. The molecule has 0 bridgehead atoms. The van der Waals surface area contributed by atoms with Gasteiger partial charge in [-0.15, -0.1) is 0 Å². The van der Waals surface area contributed by atoms with Crippen LogP contribution in [0.25, 0.3) is 0 Å². The molecule has 0 fully saturated rings. The quantitative estimate of drug-likeness (QED) is 0.842. The van der Waals surface area contributed by atoms with Crippen LogP contribution in [-0.4, -0.2) is 31.3 Å². The molecule has 0 saturated carbocycles. The maximum atomic E-state index is 13.7. The van der Waals surface area contributed by atoms with Crippen LogP contribution in [0.15, 0.2) is 23.1 Å². The van der Waals surface area contributed by atoms with Gasteiger partial charge in [0, 0.05) is 13.6 Å². The van der Waals surface area contributed by atoms with Gasteiger partial charge in [-0.1, -0.05) is 32.1 Å². The lowest BCUT2D eigenvalue weighted by molar-refractivity contribution is 0.417. The monoisotopic (exact) mass is 304 g/mol. The van der Waals surface area contributed by atoms with Gasteiger partial charge in [0.15, 0.2) is 0 Å². The van der Waals surface area contributed by atoms with E-state index in [9.17, 15) is 12.8 Å². The van der Waals surface area contributed by atoms with Gasteiger partial charge in [0.1, 0.15) is 10.8 Å². The Balaban J connectivity index is 3.37. The molecule has 4 nitrogen and oxygen atoms in total. The molecule has 0 radical (unpaired) electrons. The van der Waals surface area contributed by atoms with Gasteiger partial charge in [-0.25, -0.2) is 17.1 Å². The highest BCUT2D eigenvalue weighted by atomic mass is 32.2. The van der Waals surface area contributed by atoms with E-state index in [0.717, 1.165) is 6.07 Å². The van der Waals surface area contributed by atoms with E-state index in [0.29, 0.717) is 6.54 Å². The van der Waals surface area contributed by atoms with Crippen molar-refractivity contribution in [2.75, 3.05) is 13.6 Å². The molecule has 0 atom stereocenters. The van der Waals surface area contributed by atoms with Crippen molar-refractivity contribution in [3.05, 3.63) is 29.6 Å². The summed E-state index contributed by atoms with van der Waals surface area (Å²) in [6.07, 6.45) is 0. The summed E-state index contributed by atoms with van der Waals surface area (Å²) >= 11 is 4.74. The van der Waals surface area contributed by atoms with Crippen molar-refractivity contribution in [2.45, 2.75) is 18.7 Å². The summed E-state index contributed by atoms with van der Waals surface area (Å²) in [5.41, 5.74) is 5.19. The summed E-state index contributed by atoms with van der Waals surface area (Å²) in [6.45, 7) is 4.12. The van der Waals surface area contributed by atoms with Crippen molar-refractivity contribution in [2.24, 2.45) is 11.7 Å². The molecule has 2 N–H and O–H groups in total. The van der Waals surface area contributed by atoms with Crippen LogP contribution in [0.5, 0.6) is 0 Å². The Morgan fingerprint density at radius 1 is 1.47 bits per heavy atom. The van der Waals surface area contributed by atoms with Gasteiger partial charge in [-0.2, -0.15) is 0 Å². The van der Waals surface area contributed by atoms with Crippen LogP contribution >= 0.6 is 12.2 Å². The third-order valence-corrected chi connectivity index (χ3v) is 4.60. The summed E-state index contributed by atoms with van der Waals surface area (Å²) in [4.78, 5) is -0.460. The van der Waals surface area contributed by atoms with Crippen molar-refractivity contribution < 1.29 is 12.8 Å². The third-order valence-electron chi connectivity index (χ3n) is 2.53. The number of nitrogens with zero attached hydrogens (tertiary/aromatic N) is 1. The molecule has 0 saturated heterocycles. The Morgan fingerprint density at radius 3 is 2.53 bits per heavy atom. The number of rotatable bonds is 5. The number of nitrogens with two attached hydrogens (primary N) is 1. The highest BCUT2D eigenvalue weighted by Crippen LogP contribution is 2.22. The number of hydrogen-bond donors (Lipinski definition) is 1.